The first-order chi connectivity index (χ1) is 9.10. The minimum absolute atomic E-state index is 0.164. The number of halogens is 3. The summed E-state index contributed by atoms with van der Waals surface area (Å²) in [5.74, 6) is -1.42. The van der Waals surface area contributed by atoms with Gasteiger partial charge in [0.25, 0.3) is 0 Å². The van der Waals surface area contributed by atoms with Gasteiger partial charge in [-0.1, -0.05) is 17.7 Å². The first-order valence-electron chi connectivity index (χ1n) is 5.34. The standard InChI is InChI=1S/C12H10ClF2N3O/c1-19-12-17-6-8(13)11(18-12)16-5-7-2-3-9(14)10(15)4-7/h2-4,6H,5H2,1H3,(H,16,17,18). The van der Waals surface area contributed by atoms with E-state index in [0.717, 1.165) is 12.1 Å². The van der Waals surface area contributed by atoms with Crippen molar-refractivity contribution < 1.29 is 13.5 Å². The summed E-state index contributed by atoms with van der Waals surface area (Å²) in [5.41, 5.74) is 0.563. The summed E-state index contributed by atoms with van der Waals surface area (Å²) < 4.78 is 30.7. The molecule has 0 bridgehead atoms. The molecular weight excluding hydrogens is 276 g/mol. The van der Waals surface area contributed by atoms with Gasteiger partial charge in [-0.15, -0.1) is 0 Å². The Morgan fingerprint density at radius 3 is 2.79 bits per heavy atom. The number of hydrogen-bond donors (Lipinski definition) is 1. The fourth-order valence-corrected chi connectivity index (χ4v) is 1.57. The van der Waals surface area contributed by atoms with E-state index in [1.165, 1.54) is 19.4 Å². The SMILES string of the molecule is COc1ncc(Cl)c(NCc2ccc(F)c(F)c2)n1. The maximum Gasteiger partial charge on any atom is 0.318 e. The van der Waals surface area contributed by atoms with Crippen molar-refractivity contribution in [2.75, 3.05) is 12.4 Å². The van der Waals surface area contributed by atoms with Crippen molar-refractivity contribution >= 4 is 17.4 Å². The van der Waals surface area contributed by atoms with Crippen LogP contribution in [0.25, 0.3) is 0 Å². The van der Waals surface area contributed by atoms with Crippen LogP contribution >= 0.6 is 11.6 Å². The largest absolute Gasteiger partial charge is 0.467 e. The fourth-order valence-electron chi connectivity index (χ4n) is 1.41. The molecular formula is C12H10ClF2N3O. The van der Waals surface area contributed by atoms with Crippen molar-refractivity contribution in [3.63, 3.8) is 0 Å². The molecule has 100 valence electrons. The highest BCUT2D eigenvalue weighted by atomic mass is 35.5. The number of nitrogens with one attached hydrogen (secondary N) is 1. The Morgan fingerprint density at radius 2 is 2.11 bits per heavy atom. The molecule has 1 aromatic carbocycles. The van der Waals surface area contributed by atoms with Crippen molar-refractivity contribution in [2.24, 2.45) is 0 Å². The predicted octanol–water partition coefficient (Wildman–Crippen LogP) is 3.03. The van der Waals surface area contributed by atoms with Gasteiger partial charge in [0.15, 0.2) is 17.5 Å². The van der Waals surface area contributed by atoms with Crippen LogP contribution in [-0.4, -0.2) is 17.1 Å². The van der Waals surface area contributed by atoms with Gasteiger partial charge < -0.3 is 10.1 Å². The van der Waals surface area contributed by atoms with Crippen LogP contribution in [0.2, 0.25) is 5.02 Å². The topological polar surface area (TPSA) is 47.0 Å². The van der Waals surface area contributed by atoms with Crippen LogP contribution in [-0.2, 0) is 6.54 Å². The van der Waals surface area contributed by atoms with Gasteiger partial charge in [-0.05, 0) is 17.7 Å². The van der Waals surface area contributed by atoms with Crippen molar-refractivity contribution in [1.82, 2.24) is 9.97 Å². The summed E-state index contributed by atoms with van der Waals surface area (Å²) in [6, 6.07) is 3.80. The zero-order valence-corrected chi connectivity index (χ0v) is 10.7. The summed E-state index contributed by atoms with van der Waals surface area (Å²) in [5, 5.41) is 3.21. The van der Waals surface area contributed by atoms with Crippen LogP contribution in [0, 0.1) is 11.6 Å². The lowest BCUT2D eigenvalue weighted by Crippen LogP contribution is -2.04. The number of rotatable bonds is 4. The lowest BCUT2D eigenvalue weighted by atomic mass is 10.2. The average molecular weight is 286 g/mol. The van der Waals surface area contributed by atoms with Gasteiger partial charge in [-0.25, -0.2) is 13.8 Å². The highest BCUT2D eigenvalue weighted by molar-refractivity contribution is 6.32. The molecule has 4 nitrogen and oxygen atoms in total. The minimum atomic E-state index is -0.898. The molecule has 1 heterocycles. The third-order valence-electron chi connectivity index (χ3n) is 2.35. The average Bonchev–Trinajstić information content (AvgIpc) is 2.41. The maximum atomic E-state index is 13.0. The lowest BCUT2D eigenvalue weighted by Gasteiger charge is -2.08. The number of aromatic nitrogens is 2. The Labute approximate surface area is 113 Å². The number of ether oxygens (including phenoxy) is 1. The van der Waals surface area contributed by atoms with Gasteiger partial charge in [-0.3, -0.25) is 0 Å². The normalized spacial score (nSPS) is 10.3. The second-order valence-corrected chi connectivity index (χ2v) is 4.06. The first kappa shape index (κ1) is 13.5. The molecule has 2 rings (SSSR count). The summed E-state index contributed by atoms with van der Waals surface area (Å²) in [4.78, 5) is 7.82. The van der Waals surface area contributed by atoms with Gasteiger partial charge in [0, 0.05) is 6.54 Å². The van der Waals surface area contributed by atoms with E-state index in [-0.39, 0.29) is 12.6 Å². The van der Waals surface area contributed by atoms with Crippen molar-refractivity contribution in [1.29, 1.82) is 0 Å². The lowest BCUT2D eigenvalue weighted by molar-refractivity contribution is 0.380. The number of anilines is 1. The molecule has 0 spiro atoms. The number of methoxy groups -OCH3 is 1. The Morgan fingerprint density at radius 1 is 1.32 bits per heavy atom. The molecule has 0 aliphatic carbocycles. The van der Waals surface area contributed by atoms with Gasteiger partial charge in [0.05, 0.1) is 13.3 Å². The number of hydrogen-bond acceptors (Lipinski definition) is 4. The van der Waals surface area contributed by atoms with E-state index in [9.17, 15) is 8.78 Å². The third kappa shape index (κ3) is 3.29. The summed E-state index contributed by atoms with van der Waals surface area (Å²) in [6.45, 7) is 0.247. The van der Waals surface area contributed by atoms with E-state index in [0.29, 0.717) is 16.4 Å². The molecule has 19 heavy (non-hydrogen) atoms. The molecule has 1 N–H and O–H groups in total. The Hall–Kier alpha value is -1.95. The van der Waals surface area contributed by atoms with Gasteiger partial charge in [0.2, 0.25) is 0 Å². The zero-order valence-electron chi connectivity index (χ0n) is 9.95. The Kier molecular flexibility index (Phi) is 4.11. The summed E-state index contributed by atoms with van der Waals surface area (Å²) >= 11 is 5.90. The number of benzene rings is 1. The molecule has 0 aliphatic heterocycles. The van der Waals surface area contributed by atoms with E-state index in [1.54, 1.807) is 0 Å². The highest BCUT2D eigenvalue weighted by Gasteiger charge is 2.07. The number of nitrogens with zero attached hydrogens (tertiary/aromatic N) is 2. The maximum absolute atomic E-state index is 13.0. The predicted molar refractivity (Wildman–Crippen MR) is 67.3 cm³/mol. The molecule has 0 aliphatic rings. The Bertz CT molecular complexity index is 595. The summed E-state index contributed by atoms with van der Waals surface area (Å²) in [6.07, 6.45) is 1.39. The van der Waals surface area contributed by atoms with Gasteiger partial charge >= 0.3 is 6.01 Å². The molecule has 0 unspecified atom stereocenters. The van der Waals surface area contributed by atoms with Gasteiger partial charge in [-0.2, -0.15) is 4.98 Å². The van der Waals surface area contributed by atoms with Crippen LogP contribution in [0.4, 0.5) is 14.6 Å². The molecule has 1 aromatic heterocycles. The highest BCUT2D eigenvalue weighted by Crippen LogP contribution is 2.21. The van der Waals surface area contributed by atoms with E-state index >= 15 is 0 Å². The van der Waals surface area contributed by atoms with Crippen molar-refractivity contribution in [2.45, 2.75) is 6.54 Å². The summed E-state index contributed by atoms with van der Waals surface area (Å²) in [7, 11) is 1.43. The second kappa shape index (κ2) is 5.79. The van der Waals surface area contributed by atoms with Crippen LogP contribution in [0.1, 0.15) is 5.56 Å². The van der Waals surface area contributed by atoms with Gasteiger partial charge in [0.1, 0.15) is 5.02 Å². The van der Waals surface area contributed by atoms with Crippen LogP contribution < -0.4 is 10.1 Å². The molecule has 7 heteroatoms. The van der Waals surface area contributed by atoms with E-state index in [1.807, 2.05) is 0 Å². The van der Waals surface area contributed by atoms with Crippen LogP contribution in [0.3, 0.4) is 0 Å². The molecule has 0 fully saturated rings. The molecule has 0 radical (unpaired) electrons. The van der Waals surface area contributed by atoms with Crippen LogP contribution in [0.15, 0.2) is 24.4 Å². The molecule has 0 saturated carbocycles. The second-order valence-electron chi connectivity index (χ2n) is 3.66. The van der Waals surface area contributed by atoms with E-state index in [4.69, 9.17) is 16.3 Å². The minimum Gasteiger partial charge on any atom is -0.467 e. The smallest absolute Gasteiger partial charge is 0.318 e. The van der Waals surface area contributed by atoms with E-state index in [2.05, 4.69) is 15.3 Å². The molecule has 0 saturated heterocycles. The van der Waals surface area contributed by atoms with E-state index < -0.39 is 11.6 Å². The monoisotopic (exact) mass is 285 g/mol. The molecule has 2 aromatic rings. The first-order valence-corrected chi connectivity index (χ1v) is 5.72. The Balaban J connectivity index is 2.11. The molecule has 0 amide bonds. The van der Waals surface area contributed by atoms with Crippen molar-refractivity contribution in [3.05, 3.63) is 46.6 Å². The third-order valence-corrected chi connectivity index (χ3v) is 2.63. The van der Waals surface area contributed by atoms with Crippen LogP contribution in [0.5, 0.6) is 6.01 Å². The molecule has 0 atom stereocenters. The fraction of sp³-hybridized carbons (Fsp3) is 0.167. The van der Waals surface area contributed by atoms with Crippen molar-refractivity contribution in [3.8, 4) is 6.01 Å². The quantitative estimate of drug-likeness (QED) is 0.938. The zero-order chi connectivity index (χ0) is 13.8.